The lowest BCUT2D eigenvalue weighted by atomic mass is 10.0. The highest BCUT2D eigenvalue weighted by atomic mass is 35.5. The summed E-state index contributed by atoms with van der Waals surface area (Å²) in [6, 6.07) is 12.5. The maximum Gasteiger partial charge on any atom is 0.134 e. The van der Waals surface area contributed by atoms with Gasteiger partial charge in [-0.1, -0.05) is 34.8 Å². The summed E-state index contributed by atoms with van der Waals surface area (Å²) < 4.78 is 26.3. The maximum atomic E-state index is 13.4. The molecule has 0 radical (unpaired) electrons. The monoisotopic (exact) mass is 515 g/mol. The number of nitrogens with zero attached hydrogens (tertiary/aromatic N) is 3. The normalized spacial score (nSPS) is 10.9. The van der Waals surface area contributed by atoms with Gasteiger partial charge in [0.15, 0.2) is 0 Å². The lowest BCUT2D eigenvalue weighted by Gasteiger charge is -2.11. The van der Waals surface area contributed by atoms with Crippen LogP contribution in [0, 0.1) is 32.4 Å². The summed E-state index contributed by atoms with van der Waals surface area (Å²) in [5, 5.41) is 2.92. The van der Waals surface area contributed by atoms with Gasteiger partial charge in [0.05, 0.1) is 26.8 Å². The molecule has 172 valence electrons. The fourth-order valence-corrected chi connectivity index (χ4v) is 4.29. The zero-order chi connectivity index (χ0) is 24.6. The molecule has 3 nitrogen and oxygen atoms in total. The summed E-state index contributed by atoms with van der Waals surface area (Å²) in [6.07, 6.45) is 1.73. The smallest absolute Gasteiger partial charge is 0.134 e. The molecule has 0 atom stereocenters. The van der Waals surface area contributed by atoms with E-state index in [1.165, 1.54) is 24.3 Å². The Kier molecular flexibility index (Phi) is 6.99. The second kappa shape index (κ2) is 9.79. The summed E-state index contributed by atoms with van der Waals surface area (Å²) >= 11 is 18.3. The zero-order valence-corrected chi connectivity index (χ0v) is 20.7. The SMILES string of the molecule is Cc1c(Cl)nc2cc(F)ccc2c1Cl.Cc1ncccc1-c1nc2cc(F)ccc2c(Cl)c1C. The Morgan fingerprint density at radius 1 is 0.706 bits per heavy atom. The Hall–Kier alpha value is -2.86. The van der Waals surface area contributed by atoms with Crippen molar-refractivity contribution in [2.24, 2.45) is 0 Å². The Labute approximate surface area is 210 Å². The molecule has 0 fully saturated rings. The van der Waals surface area contributed by atoms with E-state index in [4.69, 9.17) is 34.8 Å². The highest BCUT2D eigenvalue weighted by Gasteiger charge is 2.14. The molecule has 0 spiro atoms. The molecule has 5 rings (SSSR count). The third-order valence-electron chi connectivity index (χ3n) is 5.43. The van der Waals surface area contributed by atoms with E-state index >= 15 is 0 Å². The average Bonchev–Trinajstić information content (AvgIpc) is 2.80. The first-order valence-electron chi connectivity index (χ1n) is 10.3. The second-order valence-electron chi connectivity index (χ2n) is 7.70. The van der Waals surface area contributed by atoms with Gasteiger partial charge in [-0.15, -0.1) is 0 Å². The molecule has 0 amide bonds. The molecule has 0 bridgehead atoms. The second-order valence-corrected chi connectivity index (χ2v) is 8.81. The van der Waals surface area contributed by atoms with E-state index < -0.39 is 0 Å². The largest absolute Gasteiger partial charge is 0.261 e. The van der Waals surface area contributed by atoms with Crippen LogP contribution >= 0.6 is 34.8 Å². The van der Waals surface area contributed by atoms with Gasteiger partial charge in [0.1, 0.15) is 16.8 Å². The standard InChI is InChI=1S/C16H12ClFN2.C10H6Cl2FN/c1-9-15(17)13-6-5-11(18)8-14(13)20-16(9)12-4-3-7-19-10(12)2;1-5-9(11)7-3-2-6(13)4-8(7)14-10(5)12/h3-8H,1-2H3;2-4H,1H3. The van der Waals surface area contributed by atoms with Gasteiger partial charge in [-0.05, 0) is 62.7 Å². The fourth-order valence-electron chi connectivity index (χ4n) is 3.55. The molecule has 0 unspecified atom stereocenters. The van der Waals surface area contributed by atoms with Gasteiger partial charge in [-0.3, -0.25) is 4.98 Å². The van der Waals surface area contributed by atoms with E-state index in [0.29, 0.717) is 31.8 Å². The first-order chi connectivity index (χ1) is 16.2. The third kappa shape index (κ3) is 4.69. The molecule has 0 N–H and O–H groups in total. The molecule has 0 aliphatic heterocycles. The number of pyridine rings is 3. The highest BCUT2D eigenvalue weighted by molar-refractivity contribution is 6.39. The average molecular weight is 517 g/mol. The molecule has 3 aromatic heterocycles. The minimum atomic E-state index is -0.346. The summed E-state index contributed by atoms with van der Waals surface area (Å²) in [4.78, 5) is 12.9. The van der Waals surface area contributed by atoms with E-state index in [9.17, 15) is 8.78 Å². The minimum absolute atomic E-state index is 0.313. The van der Waals surface area contributed by atoms with Gasteiger partial charge >= 0.3 is 0 Å². The zero-order valence-electron chi connectivity index (χ0n) is 18.4. The van der Waals surface area contributed by atoms with Gasteiger partial charge in [-0.2, -0.15) is 0 Å². The van der Waals surface area contributed by atoms with Crippen molar-refractivity contribution >= 4 is 56.6 Å². The summed E-state index contributed by atoms with van der Waals surface area (Å²) in [5.41, 5.74) is 5.16. The highest BCUT2D eigenvalue weighted by Crippen LogP contribution is 2.34. The Balaban J connectivity index is 0.000000172. The van der Waals surface area contributed by atoms with Crippen molar-refractivity contribution in [3.63, 3.8) is 0 Å². The predicted molar refractivity (Wildman–Crippen MR) is 136 cm³/mol. The third-order valence-corrected chi connectivity index (χ3v) is 6.77. The number of hydrogen-bond donors (Lipinski definition) is 0. The van der Waals surface area contributed by atoms with Crippen molar-refractivity contribution in [1.29, 1.82) is 0 Å². The molecule has 3 heterocycles. The van der Waals surface area contributed by atoms with Crippen molar-refractivity contribution in [2.75, 3.05) is 0 Å². The predicted octanol–water partition coefficient (Wildman–Crippen LogP) is 8.70. The van der Waals surface area contributed by atoms with Gasteiger partial charge in [-0.25, -0.2) is 18.7 Å². The van der Waals surface area contributed by atoms with Crippen LogP contribution in [0.1, 0.15) is 16.8 Å². The van der Waals surface area contributed by atoms with Crippen molar-refractivity contribution in [3.8, 4) is 11.3 Å². The van der Waals surface area contributed by atoms with Crippen LogP contribution in [0.4, 0.5) is 8.78 Å². The van der Waals surface area contributed by atoms with Gasteiger partial charge in [0.25, 0.3) is 0 Å². The number of halogens is 5. The first kappa shape index (κ1) is 24.3. The fraction of sp³-hybridized carbons (Fsp3) is 0.115. The number of hydrogen-bond acceptors (Lipinski definition) is 3. The summed E-state index contributed by atoms with van der Waals surface area (Å²) in [6.45, 7) is 5.61. The van der Waals surface area contributed by atoms with Crippen LogP contribution in [-0.2, 0) is 0 Å². The minimum Gasteiger partial charge on any atom is -0.261 e. The van der Waals surface area contributed by atoms with E-state index in [1.54, 1.807) is 25.3 Å². The number of benzene rings is 2. The van der Waals surface area contributed by atoms with Gasteiger partial charge in [0, 0.05) is 45.9 Å². The molecule has 0 saturated heterocycles. The van der Waals surface area contributed by atoms with Crippen molar-refractivity contribution in [2.45, 2.75) is 20.8 Å². The Morgan fingerprint density at radius 3 is 1.85 bits per heavy atom. The van der Waals surface area contributed by atoms with Gasteiger partial charge in [0.2, 0.25) is 0 Å². The molecule has 0 aliphatic rings. The molecule has 5 aromatic rings. The van der Waals surface area contributed by atoms with Crippen LogP contribution in [-0.4, -0.2) is 15.0 Å². The number of aromatic nitrogens is 3. The van der Waals surface area contributed by atoms with Crippen molar-refractivity contribution in [1.82, 2.24) is 15.0 Å². The van der Waals surface area contributed by atoms with E-state index in [1.807, 2.05) is 26.0 Å². The van der Waals surface area contributed by atoms with E-state index in [2.05, 4.69) is 15.0 Å². The van der Waals surface area contributed by atoms with E-state index in [-0.39, 0.29) is 11.6 Å². The molecule has 8 heteroatoms. The molecule has 2 aromatic carbocycles. The quantitative estimate of drug-likeness (QED) is 0.209. The number of fused-ring (bicyclic) bond motifs is 2. The summed E-state index contributed by atoms with van der Waals surface area (Å²) in [5.74, 6) is -0.667. The molecule has 0 saturated carbocycles. The van der Waals surface area contributed by atoms with Crippen LogP contribution in [0.25, 0.3) is 33.1 Å². The molecule has 34 heavy (non-hydrogen) atoms. The maximum absolute atomic E-state index is 13.4. The number of aryl methyl sites for hydroxylation is 1. The van der Waals surface area contributed by atoms with Crippen LogP contribution in [0.2, 0.25) is 15.2 Å². The van der Waals surface area contributed by atoms with Crippen LogP contribution in [0.3, 0.4) is 0 Å². The molecular formula is C26H18Cl3F2N3. The summed E-state index contributed by atoms with van der Waals surface area (Å²) in [7, 11) is 0. The van der Waals surface area contributed by atoms with Crippen molar-refractivity contribution < 1.29 is 8.78 Å². The first-order valence-corrected chi connectivity index (χ1v) is 11.4. The van der Waals surface area contributed by atoms with Crippen LogP contribution in [0.15, 0.2) is 54.7 Å². The lowest BCUT2D eigenvalue weighted by molar-refractivity contribution is 0.629. The van der Waals surface area contributed by atoms with Gasteiger partial charge < -0.3 is 0 Å². The molecular weight excluding hydrogens is 499 g/mol. The van der Waals surface area contributed by atoms with Crippen molar-refractivity contribution in [3.05, 3.63) is 98.4 Å². The van der Waals surface area contributed by atoms with E-state index in [0.717, 1.165) is 33.3 Å². The lowest BCUT2D eigenvalue weighted by Crippen LogP contribution is -1.95. The number of rotatable bonds is 1. The molecule has 0 aliphatic carbocycles. The van der Waals surface area contributed by atoms with Crippen LogP contribution < -0.4 is 0 Å². The Bertz CT molecular complexity index is 1550. The Morgan fingerprint density at radius 2 is 1.26 bits per heavy atom. The van der Waals surface area contributed by atoms with Crippen LogP contribution in [0.5, 0.6) is 0 Å². The topological polar surface area (TPSA) is 38.7 Å².